The van der Waals surface area contributed by atoms with Gasteiger partial charge in [-0.1, -0.05) is 31.5 Å². The summed E-state index contributed by atoms with van der Waals surface area (Å²) in [4.78, 5) is 8.57. The summed E-state index contributed by atoms with van der Waals surface area (Å²) in [6, 6.07) is 5.41. The standard InChI is InChI=1S/C15H17ClN2O2/c1-9(2)15-17-7-14(12(8-19)18-15)20-13-6-11(16)5-4-10(13)3/h4-7,9,19H,8H2,1-3H3. The van der Waals surface area contributed by atoms with Crippen LogP contribution in [0.25, 0.3) is 0 Å². The van der Waals surface area contributed by atoms with E-state index >= 15 is 0 Å². The Morgan fingerprint density at radius 2 is 2.05 bits per heavy atom. The number of nitrogens with zero attached hydrogens (tertiary/aromatic N) is 2. The van der Waals surface area contributed by atoms with Gasteiger partial charge in [-0.15, -0.1) is 0 Å². The van der Waals surface area contributed by atoms with Crippen LogP contribution >= 0.6 is 11.6 Å². The highest BCUT2D eigenvalue weighted by molar-refractivity contribution is 6.30. The van der Waals surface area contributed by atoms with E-state index in [-0.39, 0.29) is 12.5 Å². The lowest BCUT2D eigenvalue weighted by atomic mass is 10.2. The molecule has 106 valence electrons. The normalized spacial score (nSPS) is 10.9. The molecule has 0 saturated carbocycles. The predicted molar refractivity (Wildman–Crippen MR) is 78.3 cm³/mol. The van der Waals surface area contributed by atoms with Crippen LogP contribution < -0.4 is 4.74 Å². The molecular weight excluding hydrogens is 276 g/mol. The molecule has 0 aliphatic carbocycles. The van der Waals surface area contributed by atoms with Gasteiger partial charge in [-0.05, 0) is 24.6 Å². The van der Waals surface area contributed by atoms with Crippen LogP contribution in [0, 0.1) is 6.92 Å². The third-order valence-corrected chi connectivity index (χ3v) is 3.12. The van der Waals surface area contributed by atoms with Crippen molar-refractivity contribution >= 4 is 11.6 Å². The number of benzene rings is 1. The van der Waals surface area contributed by atoms with Gasteiger partial charge in [0.15, 0.2) is 5.75 Å². The van der Waals surface area contributed by atoms with Crippen molar-refractivity contribution in [3.05, 3.63) is 46.5 Å². The fraction of sp³-hybridized carbons (Fsp3) is 0.333. The first-order chi connectivity index (χ1) is 9.51. The zero-order valence-corrected chi connectivity index (χ0v) is 12.5. The minimum absolute atomic E-state index is 0.197. The lowest BCUT2D eigenvalue weighted by molar-refractivity contribution is 0.269. The second-order valence-electron chi connectivity index (χ2n) is 4.86. The fourth-order valence-electron chi connectivity index (χ4n) is 1.70. The van der Waals surface area contributed by atoms with E-state index in [1.165, 1.54) is 0 Å². The maximum absolute atomic E-state index is 9.43. The lowest BCUT2D eigenvalue weighted by Gasteiger charge is -2.13. The molecule has 0 unspecified atom stereocenters. The van der Waals surface area contributed by atoms with Crippen molar-refractivity contribution in [1.82, 2.24) is 9.97 Å². The zero-order chi connectivity index (χ0) is 14.7. The molecule has 0 aliphatic heterocycles. The van der Waals surface area contributed by atoms with E-state index in [2.05, 4.69) is 9.97 Å². The molecule has 4 nitrogen and oxygen atoms in total. The molecule has 1 heterocycles. The van der Waals surface area contributed by atoms with Crippen molar-refractivity contribution in [1.29, 1.82) is 0 Å². The van der Waals surface area contributed by atoms with Crippen LogP contribution in [-0.2, 0) is 6.61 Å². The molecule has 5 heteroatoms. The molecule has 2 rings (SSSR count). The Hall–Kier alpha value is -1.65. The summed E-state index contributed by atoms with van der Waals surface area (Å²) in [6.45, 7) is 5.72. The molecular formula is C15H17ClN2O2. The average molecular weight is 293 g/mol. The molecule has 0 aliphatic rings. The highest BCUT2D eigenvalue weighted by atomic mass is 35.5. The molecule has 0 amide bonds. The van der Waals surface area contributed by atoms with Crippen LogP contribution in [0.15, 0.2) is 24.4 Å². The van der Waals surface area contributed by atoms with Gasteiger partial charge in [-0.2, -0.15) is 0 Å². The van der Waals surface area contributed by atoms with Crippen LogP contribution in [-0.4, -0.2) is 15.1 Å². The minimum Gasteiger partial charge on any atom is -0.453 e. The summed E-state index contributed by atoms with van der Waals surface area (Å²) in [5.41, 5.74) is 1.43. The van der Waals surface area contributed by atoms with Crippen LogP contribution in [0.5, 0.6) is 11.5 Å². The van der Waals surface area contributed by atoms with Crippen molar-refractivity contribution in [3.8, 4) is 11.5 Å². The highest BCUT2D eigenvalue weighted by Gasteiger charge is 2.12. The number of halogens is 1. The molecule has 0 atom stereocenters. The van der Waals surface area contributed by atoms with Gasteiger partial charge in [0.1, 0.15) is 17.3 Å². The summed E-state index contributed by atoms with van der Waals surface area (Å²) >= 11 is 5.96. The van der Waals surface area contributed by atoms with E-state index in [4.69, 9.17) is 16.3 Å². The molecule has 1 aromatic heterocycles. The predicted octanol–water partition coefficient (Wildman–Crippen LogP) is 3.85. The van der Waals surface area contributed by atoms with Gasteiger partial charge in [-0.25, -0.2) is 9.97 Å². The topological polar surface area (TPSA) is 55.2 Å². The van der Waals surface area contributed by atoms with Crippen molar-refractivity contribution < 1.29 is 9.84 Å². The summed E-state index contributed by atoms with van der Waals surface area (Å²) in [7, 11) is 0. The van der Waals surface area contributed by atoms with Crippen molar-refractivity contribution in [2.24, 2.45) is 0 Å². The Labute approximate surface area is 123 Å². The van der Waals surface area contributed by atoms with Gasteiger partial charge in [0.05, 0.1) is 12.8 Å². The number of aryl methyl sites for hydroxylation is 1. The summed E-state index contributed by atoms with van der Waals surface area (Å²) in [5.74, 6) is 1.96. The Morgan fingerprint density at radius 3 is 2.70 bits per heavy atom. The lowest BCUT2D eigenvalue weighted by Crippen LogP contribution is -2.04. The number of ether oxygens (including phenoxy) is 1. The SMILES string of the molecule is Cc1ccc(Cl)cc1Oc1cnc(C(C)C)nc1CO. The number of aliphatic hydroxyl groups is 1. The van der Waals surface area contributed by atoms with Crippen LogP contribution in [0.4, 0.5) is 0 Å². The van der Waals surface area contributed by atoms with Crippen molar-refractivity contribution in [2.45, 2.75) is 33.3 Å². The van der Waals surface area contributed by atoms with E-state index in [1.54, 1.807) is 18.3 Å². The van der Waals surface area contributed by atoms with E-state index in [1.807, 2.05) is 26.8 Å². The quantitative estimate of drug-likeness (QED) is 0.930. The molecule has 20 heavy (non-hydrogen) atoms. The van der Waals surface area contributed by atoms with Gasteiger partial charge in [-0.3, -0.25) is 0 Å². The summed E-state index contributed by atoms with van der Waals surface area (Å²) < 4.78 is 5.78. The average Bonchev–Trinajstić information content (AvgIpc) is 2.43. The van der Waals surface area contributed by atoms with E-state index in [0.717, 1.165) is 5.56 Å². The third kappa shape index (κ3) is 3.26. The molecule has 1 aromatic carbocycles. The summed E-state index contributed by atoms with van der Waals surface area (Å²) in [5, 5.41) is 10.0. The zero-order valence-electron chi connectivity index (χ0n) is 11.7. The molecule has 0 bridgehead atoms. The van der Waals surface area contributed by atoms with Gasteiger partial charge >= 0.3 is 0 Å². The summed E-state index contributed by atoms with van der Waals surface area (Å²) in [6.07, 6.45) is 1.59. The second kappa shape index (κ2) is 6.20. The molecule has 0 saturated heterocycles. The number of hydrogen-bond acceptors (Lipinski definition) is 4. The Morgan fingerprint density at radius 1 is 1.30 bits per heavy atom. The van der Waals surface area contributed by atoms with Crippen molar-refractivity contribution in [2.75, 3.05) is 0 Å². The Balaban J connectivity index is 2.35. The Kier molecular flexibility index (Phi) is 4.57. The third-order valence-electron chi connectivity index (χ3n) is 2.88. The van der Waals surface area contributed by atoms with Gasteiger partial charge in [0.2, 0.25) is 0 Å². The van der Waals surface area contributed by atoms with Gasteiger partial charge in [0, 0.05) is 10.9 Å². The fourth-order valence-corrected chi connectivity index (χ4v) is 1.86. The number of aromatic nitrogens is 2. The number of hydrogen-bond donors (Lipinski definition) is 1. The molecule has 0 fully saturated rings. The first-order valence-electron chi connectivity index (χ1n) is 6.42. The van der Waals surface area contributed by atoms with Crippen LogP contribution in [0.3, 0.4) is 0 Å². The Bertz CT molecular complexity index is 615. The van der Waals surface area contributed by atoms with Crippen molar-refractivity contribution in [3.63, 3.8) is 0 Å². The highest BCUT2D eigenvalue weighted by Crippen LogP contribution is 2.29. The van der Waals surface area contributed by atoms with Gasteiger partial charge in [0.25, 0.3) is 0 Å². The first-order valence-corrected chi connectivity index (χ1v) is 6.79. The molecule has 2 aromatic rings. The monoisotopic (exact) mass is 292 g/mol. The maximum atomic E-state index is 9.43. The van der Waals surface area contributed by atoms with Gasteiger partial charge < -0.3 is 9.84 Å². The molecule has 0 spiro atoms. The maximum Gasteiger partial charge on any atom is 0.169 e. The second-order valence-corrected chi connectivity index (χ2v) is 5.30. The first kappa shape index (κ1) is 14.8. The van der Waals surface area contributed by atoms with E-state index in [0.29, 0.717) is 28.0 Å². The number of rotatable bonds is 4. The van der Waals surface area contributed by atoms with E-state index < -0.39 is 0 Å². The van der Waals surface area contributed by atoms with Crippen LogP contribution in [0.2, 0.25) is 5.02 Å². The van der Waals surface area contributed by atoms with Crippen LogP contribution in [0.1, 0.15) is 36.8 Å². The molecule has 0 radical (unpaired) electrons. The van der Waals surface area contributed by atoms with E-state index in [9.17, 15) is 5.11 Å². The smallest absolute Gasteiger partial charge is 0.169 e. The minimum atomic E-state index is -0.197. The largest absolute Gasteiger partial charge is 0.453 e. The molecule has 1 N–H and O–H groups in total. The number of aliphatic hydroxyl groups excluding tert-OH is 1.